The number of thiazole rings is 1. The normalized spacial score (nSPS) is 16.7. The van der Waals surface area contributed by atoms with Crippen LogP contribution in [0.3, 0.4) is 0 Å². The van der Waals surface area contributed by atoms with Crippen molar-refractivity contribution in [3.8, 4) is 0 Å². The van der Waals surface area contributed by atoms with Crippen LogP contribution in [-0.2, 0) is 70.4 Å². The molecule has 0 radical (unpaired) electrons. The molecule has 96 heavy (non-hydrogen) atoms. The monoisotopic (exact) mass is 1350 g/mol. The SMILES string of the molecule is C.CC[C@H](C)[C@@H]([C@@H](CC(=O)N1CCC[C@H]1[C@H](OC)[C@@H](C)C(=O)N[C@@H](Cc1ccccc1)c1nccs1)OC)N(C)C(=O)[C@@H](CC(=O)C(C)(C)NC(=O)OCc1ccc(NC(=O)[C@H](CCCNC(N)=O)CC(=O)[C@@H](NC(=O)CCCCCN2C(=O)C=CC2=O)C(C)C)cc1)C(C)C. The summed E-state index contributed by atoms with van der Waals surface area (Å²) in [6.07, 6.45) is 6.16. The molecule has 1 fully saturated rings. The zero-order chi connectivity index (χ0) is 70.1. The summed E-state index contributed by atoms with van der Waals surface area (Å²) in [6.45, 7) is 16.8. The Balaban J connectivity index is 0.0000196. The Labute approximate surface area is 571 Å². The number of nitrogens with zero attached hydrogens (tertiary/aromatic N) is 4. The summed E-state index contributed by atoms with van der Waals surface area (Å²) in [7, 11) is 4.76. The molecule has 2 aliphatic rings. The summed E-state index contributed by atoms with van der Waals surface area (Å²) < 4.78 is 17.7. The number of hydrogen-bond donors (Lipinski definition) is 6. The maximum atomic E-state index is 14.8. The van der Waals surface area contributed by atoms with Crippen LogP contribution >= 0.6 is 11.3 Å². The third-order valence-corrected chi connectivity index (χ3v) is 19.1. The first-order valence-corrected chi connectivity index (χ1v) is 34.1. The van der Waals surface area contributed by atoms with Gasteiger partial charge in [0.1, 0.15) is 11.6 Å². The number of amides is 10. The molecular formula is C71H106N10O14S. The van der Waals surface area contributed by atoms with Gasteiger partial charge in [-0.2, -0.15) is 0 Å². The molecule has 10 amide bonds. The second-order valence-corrected chi connectivity index (χ2v) is 27.2. The van der Waals surface area contributed by atoms with Crippen LogP contribution in [0, 0.1) is 35.5 Å². The van der Waals surface area contributed by atoms with E-state index >= 15 is 0 Å². The molecule has 0 spiro atoms. The fourth-order valence-corrected chi connectivity index (χ4v) is 13.0. The second kappa shape index (κ2) is 39.3. The van der Waals surface area contributed by atoms with Gasteiger partial charge in [0, 0.05) is 101 Å². The van der Waals surface area contributed by atoms with E-state index in [9.17, 15) is 52.7 Å². The van der Waals surface area contributed by atoms with Gasteiger partial charge < -0.3 is 56.3 Å². The Morgan fingerprint density at radius 2 is 1.49 bits per heavy atom. The van der Waals surface area contributed by atoms with Crippen LogP contribution in [0.2, 0.25) is 0 Å². The number of Topliss-reactive ketones (excluding diaryl/α,β-unsaturated/α-hetero) is 2. The smallest absolute Gasteiger partial charge is 0.408 e. The van der Waals surface area contributed by atoms with Crippen LogP contribution in [0.15, 0.2) is 78.3 Å². The highest BCUT2D eigenvalue weighted by Gasteiger charge is 2.44. The standard InChI is InChI=1S/C70H102N10O14S.CH4/c1-13-45(6)62(55(92-11)41-60(86)79-36-21-25-53(79)63(93-12)46(7)64(87)75-52(66-72-34-37-95-66)38-47-22-16-14-17-23-47)78(10)67(89)51(43(2)3)40-56(82)70(8,9)77-69(91)94-42-48-27-29-50(30-28-48)74-65(88)49(24-20-33-73-68(71)90)39-54(81)61(44(4)5)76-57(83)26-18-15-19-35-80-58(84)31-32-59(80)85;/h14,16-17,22-23,27-32,34,37,43-46,49,51-53,55,61-63H,13,15,18-21,24-26,33,35-36,38-42H2,1-12H3,(H,74,88)(H,75,87)(H,76,83)(H,77,91)(H3,71,73,90);1H4/t45-,46+,49+,51-,52-,53-,55+,61-,62-,63+;/m0./s1. The third-order valence-electron chi connectivity index (χ3n) is 18.2. The van der Waals surface area contributed by atoms with Gasteiger partial charge >= 0.3 is 12.1 Å². The maximum absolute atomic E-state index is 14.8. The van der Waals surface area contributed by atoms with E-state index < -0.39 is 77.4 Å². The topological polar surface area (TPSA) is 324 Å². The molecule has 25 heteroatoms. The minimum absolute atomic E-state index is 0. The average molecular weight is 1360 g/mol. The van der Waals surface area contributed by atoms with Gasteiger partial charge in [-0.05, 0) is 99.8 Å². The van der Waals surface area contributed by atoms with Crippen molar-refractivity contribution < 1.29 is 67.0 Å². The molecule has 0 unspecified atom stereocenters. The third kappa shape index (κ3) is 24.0. The van der Waals surface area contributed by atoms with E-state index in [4.69, 9.17) is 19.9 Å². The second-order valence-electron chi connectivity index (χ2n) is 26.3. The molecule has 2 aromatic carbocycles. The van der Waals surface area contributed by atoms with Gasteiger partial charge in [0.15, 0.2) is 11.6 Å². The molecule has 0 bridgehead atoms. The predicted octanol–water partition coefficient (Wildman–Crippen LogP) is 8.62. The number of anilines is 1. The van der Waals surface area contributed by atoms with Crippen LogP contribution in [0.4, 0.5) is 15.3 Å². The molecule has 1 aromatic heterocycles. The zero-order valence-electron chi connectivity index (χ0n) is 57.4. The number of ketones is 2. The average Bonchev–Trinajstić information content (AvgIpc) is 1.54. The first-order valence-electron chi connectivity index (χ1n) is 33.2. The fourth-order valence-electron chi connectivity index (χ4n) is 12.3. The molecule has 1 saturated heterocycles. The number of carbonyl (C=O) groups excluding carboxylic acids is 11. The maximum Gasteiger partial charge on any atom is 0.408 e. The molecule has 0 saturated carbocycles. The van der Waals surface area contributed by atoms with Crippen molar-refractivity contribution in [3.05, 3.63) is 94.5 Å². The van der Waals surface area contributed by atoms with Crippen molar-refractivity contribution in [1.29, 1.82) is 0 Å². The number of methoxy groups -OCH3 is 2. The van der Waals surface area contributed by atoms with E-state index in [1.807, 2.05) is 70.3 Å². The lowest BCUT2D eigenvalue weighted by molar-refractivity contribution is -0.149. The van der Waals surface area contributed by atoms with Crippen molar-refractivity contribution >= 4 is 82.1 Å². The van der Waals surface area contributed by atoms with Crippen LogP contribution in [-0.4, -0.2) is 161 Å². The van der Waals surface area contributed by atoms with Gasteiger partial charge in [-0.1, -0.05) is 111 Å². The van der Waals surface area contributed by atoms with E-state index in [0.717, 1.165) is 15.5 Å². The molecule has 10 atom stereocenters. The Hall–Kier alpha value is -7.90. The number of likely N-dealkylation sites (N-methyl/N-ethyl adjacent to an activating group) is 1. The Morgan fingerprint density at radius 1 is 0.812 bits per heavy atom. The Morgan fingerprint density at radius 3 is 2.08 bits per heavy atom. The van der Waals surface area contributed by atoms with E-state index in [0.29, 0.717) is 69.2 Å². The number of hydrogen-bond acceptors (Lipinski definition) is 16. The number of likely N-dealkylation sites (tertiary alicyclic amines) is 1. The Bertz CT molecular complexity index is 3070. The number of ether oxygens (including phenoxy) is 3. The minimum atomic E-state index is -1.47. The number of urea groups is 1. The summed E-state index contributed by atoms with van der Waals surface area (Å²) in [6, 6.07) is 13.4. The van der Waals surface area contributed by atoms with Crippen LogP contribution < -0.4 is 32.3 Å². The number of carbonyl (C=O) groups is 11. The summed E-state index contributed by atoms with van der Waals surface area (Å²) in [5.74, 6) is -6.10. The lowest BCUT2D eigenvalue weighted by Crippen LogP contribution is -2.55. The van der Waals surface area contributed by atoms with Crippen LogP contribution in [0.1, 0.15) is 169 Å². The number of nitrogens with one attached hydrogen (secondary N) is 5. The number of primary amides is 1. The van der Waals surface area contributed by atoms with E-state index in [2.05, 4.69) is 31.6 Å². The molecule has 5 rings (SSSR count). The highest BCUT2D eigenvalue weighted by atomic mass is 32.1. The number of imide groups is 1. The fraction of sp³-hybridized carbons (Fsp3) is 0.606. The summed E-state index contributed by atoms with van der Waals surface area (Å²) in [5.41, 5.74) is 5.75. The molecule has 3 heterocycles. The van der Waals surface area contributed by atoms with Crippen molar-refractivity contribution in [1.82, 2.24) is 41.0 Å². The van der Waals surface area contributed by atoms with Gasteiger partial charge in [0.2, 0.25) is 29.5 Å². The van der Waals surface area contributed by atoms with Crippen LogP contribution in [0.5, 0.6) is 0 Å². The minimum Gasteiger partial charge on any atom is -0.445 e. The Kier molecular flexibility index (Phi) is 33.0. The number of alkyl carbamates (subject to hydrolysis) is 1. The molecule has 0 aliphatic carbocycles. The van der Waals surface area contributed by atoms with E-state index in [1.165, 1.54) is 44.4 Å². The lowest BCUT2D eigenvalue weighted by atomic mass is 9.83. The van der Waals surface area contributed by atoms with Gasteiger partial charge in [0.25, 0.3) is 11.8 Å². The van der Waals surface area contributed by atoms with Gasteiger partial charge in [-0.25, -0.2) is 14.6 Å². The van der Waals surface area contributed by atoms with Crippen molar-refractivity contribution in [2.75, 3.05) is 46.2 Å². The molecule has 2 aliphatic heterocycles. The summed E-state index contributed by atoms with van der Waals surface area (Å²) >= 11 is 1.47. The molecular weight excluding hydrogens is 1250 g/mol. The highest BCUT2D eigenvalue weighted by molar-refractivity contribution is 7.09. The quantitative estimate of drug-likeness (QED) is 0.0229. The zero-order valence-corrected chi connectivity index (χ0v) is 58.3. The molecule has 7 N–H and O–H groups in total. The highest BCUT2D eigenvalue weighted by Crippen LogP contribution is 2.32. The first-order chi connectivity index (χ1) is 45.1. The molecule has 3 aromatic rings. The number of benzene rings is 2. The first kappa shape index (κ1) is 80.5. The molecule has 24 nitrogen and oxygen atoms in total. The number of nitrogens with two attached hydrogens (primary N) is 1. The lowest BCUT2D eigenvalue weighted by Gasteiger charge is -2.41. The van der Waals surface area contributed by atoms with E-state index in [1.54, 1.807) is 68.3 Å². The van der Waals surface area contributed by atoms with Gasteiger partial charge in [-0.15, -0.1) is 11.3 Å². The van der Waals surface area contributed by atoms with Crippen molar-refractivity contribution in [3.63, 3.8) is 0 Å². The van der Waals surface area contributed by atoms with Crippen LogP contribution in [0.25, 0.3) is 0 Å². The number of rotatable bonds is 40. The summed E-state index contributed by atoms with van der Waals surface area (Å²) in [4.78, 5) is 156. The van der Waals surface area contributed by atoms with E-state index in [-0.39, 0.29) is 124 Å². The van der Waals surface area contributed by atoms with Gasteiger partial charge in [-0.3, -0.25) is 48.1 Å². The molecule has 530 valence electrons. The largest absolute Gasteiger partial charge is 0.445 e. The number of unbranched alkanes of at least 4 members (excludes halogenated alkanes) is 2. The predicted molar refractivity (Wildman–Crippen MR) is 367 cm³/mol. The van der Waals surface area contributed by atoms with Gasteiger partial charge in [0.05, 0.1) is 54.3 Å². The number of aromatic nitrogens is 1. The summed E-state index contributed by atoms with van der Waals surface area (Å²) in [5, 5.41) is 16.7. The van der Waals surface area contributed by atoms with Crippen molar-refractivity contribution in [2.45, 2.75) is 202 Å². The van der Waals surface area contributed by atoms with Crippen molar-refractivity contribution in [2.24, 2.45) is 41.2 Å².